The molecule has 0 radical (unpaired) electrons. The highest BCUT2D eigenvalue weighted by atomic mass is 35.5. The van der Waals surface area contributed by atoms with Gasteiger partial charge in [-0.3, -0.25) is 9.59 Å². The summed E-state index contributed by atoms with van der Waals surface area (Å²) in [5, 5.41) is 3.52. The van der Waals surface area contributed by atoms with Crippen LogP contribution in [0.25, 0.3) is 17.4 Å². The van der Waals surface area contributed by atoms with Gasteiger partial charge in [0, 0.05) is 49.8 Å². The summed E-state index contributed by atoms with van der Waals surface area (Å²) >= 11 is 6.22. The highest BCUT2D eigenvalue weighted by Crippen LogP contribution is 2.30. The van der Waals surface area contributed by atoms with Crippen LogP contribution in [0.2, 0.25) is 5.02 Å². The normalized spacial score (nSPS) is 13.6. The number of rotatable bonds is 6. The molecule has 3 aromatic rings. The SMILES string of the molecule is COC(=O)c1ccc(N2CCN(C(C)=O)CC2)c(NC(=O)C=Cc2ccc(-c3ccc(C)c(Cl)c3)o2)c1. The van der Waals surface area contributed by atoms with E-state index in [1.54, 1.807) is 42.2 Å². The van der Waals surface area contributed by atoms with Gasteiger partial charge in [0.05, 0.1) is 24.0 Å². The lowest BCUT2D eigenvalue weighted by molar-refractivity contribution is -0.129. The van der Waals surface area contributed by atoms with Gasteiger partial charge in [-0.2, -0.15) is 0 Å². The third-order valence-electron chi connectivity index (χ3n) is 6.22. The van der Waals surface area contributed by atoms with Gasteiger partial charge in [0.15, 0.2) is 0 Å². The van der Waals surface area contributed by atoms with E-state index in [0.717, 1.165) is 16.8 Å². The first-order chi connectivity index (χ1) is 17.7. The van der Waals surface area contributed by atoms with E-state index in [1.807, 2.05) is 31.2 Å². The fourth-order valence-corrected chi connectivity index (χ4v) is 4.28. The van der Waals surface area contributed by atoms with Crippen molar-refractivity contribution in [3.8, 4) is 11.3 Å². The molecule has 0 bridgehead atoms. The fraction of sp³-hybridized carbons (Fsp3) is 0.250. The Hall–Kier alpha value is -4.04. The van der Waals surface area contributed by atoms with Crippen molar-refractivity contribution in [3.05, 3.63) is 76.5 Å². The number of methoxy groups -OCH3 is 1. The minimum atomic E-state index is -0.502. The summed E-state index contributed by atoms with van der Waals surface area (Å²) in [4.78, 5) is 40.5. The van der Waals surface area contributed by atoms with Gasteiger partial charge >= 0.3 is 5.97 Å². The second-order valence-electron chi connectivity index (χ2n) is 8.71. The molecular formula is C28H28ClN3O5. The van der Waals surface area contributed by atoms with E-state index in [1.165, 1.54) is 13.2 Å². The lowest BCUT2D eigenvalue weighted by Gasteiger charge is -2.36. The summed E-state index contributed by atoms with van der Waals surface area (Å²) in [5.41, 5.74) is 3.37. The van der Waals surface area contributed by atoms with E-state index in [0.29, 0.717) is 54.0 Å². The molecule has 1 N–H and O–H groups in total. The van der Waals surface area contributed by atoms with E-state index in [-0.39, 0.29) is 11.8 Å². The maximum absolute atomic E-state index is 12.8. The maximum atomic E-state index is 12.8. The summed E-state index contributed by atoms with van der Waals surface area (Å²) in [7, 11) is 1.31. The van der Waals surface area contributed by atoms with Gasteiger partial charge in [0.1, 0.15) is 11.5 Å². The third-order valence-corrected chi connectivity index (χ3v) is 6.63. The number of carbonyl (C=O) groups excluding carboxylic acids is 3. The van der Waals surface area contributed by atoms with Crippen molar-refractivity contribution in [1.29, 1.82) is 0 Å². The molecule has 0 unspecified atom stereocenters. The average molecular weight is 522 g/mol. The lowest BCUT2D eigenvalue weighted by atomic mass is 10.1. The van der Waals surface area contributed by atoms with Crippen LogP contribution in [0.3, 0.4) is 0 Å². The Kier molecular flexibility index (Phi) is 7.98. The van der Waals surface area contributed by atoms with Gasteiger partial charge in [0.2, 0.25) is 11.8 Å². The number of nitrogens with zero attached hydrogens (tertiary/aromatic N) is 2. The van der Waals surface area contributed by atoms with Crippen LogP contribution < -0.4 is 10.2 Å². The molecule has 0 spiro atoms. The van der Waals surface area contributed by atoms with Gasteiger partial charge < -0.3 is 24.3 Å². The Balaban J connectivity index is 1.50. The number of ether oxygens (including phenoxy) is 1. The van der Waals surface area contributed by atoms with Gasteiger partial charge in [-0.1, -0.05) is 23.7 Å². The van der Waals surface area contributed by atoms with Crippen LogP contribution in [0.4, 0.5) is 11.4 Å². The molecule has 192 valence electrons. The first-order valence-electron chi connectivity index (χ1n) is 11.8. The number of piperazine rings is 1. The summed E-state index contributed by atoms with van der Waals surface area (Å²) < 4.78 is 10.7. The van der Waals surface area contributed by atoms with E-state index in [2.05, 4.69) is 10.2 Å². The number of hydrogen-bond acceptors (Lipinski definition) is 6. The van der Waals surface area contributed by atoms with Crippen LogP contribution in [0.1, 0.15) is 28.6 Å². The van der Waals surface area contributed by atoms with Crippen LogP contribution in [-0.4, -0.2) is 56.0 Å². The molecule has 37 heavy (non-hydrogen) atoms. The first-order valence-corrected chi connectivity index (χ1v) is 12.2. The van der Waals surface area contributed by atoms with Crippen LogP contribution >= 0.6 is 11.6 Å². The van der Waals surface area contributed by atoms with Crippen molar-refractivity contribution in [2.45, 2.75) is 13.8 Å². The molecule has 2 aromatic carbocycles. The highest BCUT2D eigenvalue weighted by Gasteiger charge is 2.22. The van der Waals surface area contributed by atoms with Crippen molar-refractivity contribution in [1.82, 2.24) is 4.90 Å². The predicted molar refractivity (Wildman–Crippen MR) is 144 cm³/mol. The van der Waals surface area contributed by atoms with Crippen molar-refractivity contribution < 1.29 is 23.5 Å². The van der Waals surface area contributed by atoms with E-state index < -0.39 is 5.97 Å². The molecule has 1 fully saturated rings. The van der Waals surface area contributed by atoms with Gasteiger partial charge in [-0.05, 0) is 55.0 Å². The second kappa shape index (κ2) is 11.3. The summed E-state index contributed by atoms with van der Waals surface area (Å²) in [5.74, 6) is 0.289. The number of hydrogen-bond donors (Lipinski definition) is 1. The highest BCUT2D eigenvalue weighted by molar-refractivity contribution is 6.31. The van der Waals surface area contributed by atoms with E-state index in [9.17, 15) is 14.4 Å². The number of aryl methyl sites for hydroxylation is 1. The van der Waals surface area contributed by atoms with Gasteiger partial charge in [-0.25, -0.2) is 4.79 Å². The quantitative estimate of drug-likeness (QED) is 0.362. The molecule has 2 heterocycles. The zero-order valence-electron chi connectivity index (χ0n) is 20.9. The Labute approximate surface area is 220 Å². The smallest absolute Gasteiger partial charge is 0.337 e. The number of furan rings is 1. The first kappa shape index (κ1) is 26.0. The number of nitrogens with one attached hydrogen (secondary N) is 1. The van der Waals surface area contributed by atoms with E-state index in [4.69, 9.17) is 20.8 Å². The van der Waals surface area contributed by atoms with Crippen molar-refractivity contribution in [2.75, 3.05) is 43.5 Å². The molecule has 0 saturated carbocycles. The molecule has 1 aliphatic rings. The maximum Gasteiger partial charge on any atom is 0.337 e. The molecule has 0 atom stereocenters. The number of carbonyl (C=O) groups is 3. The largest absolute Gasteiger partial charge is 0.465 e. The Morgan fingerprint density at radius 3 is 2.46 bits per heavy atom. The lowest BCUT2D eigenvalue weighted by Crippen LogP contribution is -2.48. The zero-order valence-corrected chi connectivity index (χ0v) is 21.7. The number of amides is 2. The van der Waals surface area contributed by atoms with Crippen LogP contribution in [0.15, 0.2) is 59.0 Å². The zero-order chi connectivity index (χ0) is 26.5. The Morgan fingerprint density at radius 1 is 1.03 bits per heavy atom. The van der Waals surface area contributed by atoms with Crippen molar-refractivity contribution in [2.24, 2.45) is 0 Å². The van der Waals surface area contributed by atoms with Crippen LogP contribution in [0, 0.1) is 6.92 Å². The molecule has 1 saturated heterocycles. The molecular weight excluding hydrogens is 494 g/mol. The number of halogens is 1. The van der Waals surface area contributed by atoms with Crippen molar-refractivity contribution in [3.63, 3.8) is 0 Å². The predicted octanol–water partition coefficient (Wildman–Crippen LogP) is 5.02. The number of anilines is 2. The Bertz CT molecular complexity index is 1360. The van der Waals surface area contributed by atoms with Crippen LogP contribution in [-0.2, 0) is 14.3 Å². The summed E-state index contributed by atoms with van der Waals surface area (Å²) in [6.07, 6.45) is 2.94. The molecule has 0 aliphatic carbocycles. The standard InChI is InChI=1S/C28H28ClN3O5/c1-18-4-5-20(16-23(18)29)26-10-7-22(37-26)8-11-27(34)30-24-17-21(28(35)36-3)6-9-25(24)32-14-12-31(13-15-32)19(2)33/h4-11,16-17H,12-15H2,1-3H3,(H,30,34). The second-order valence-corrected chi connectivity index (χ2v) is 9.11. The number of esters is 1. The summed E-state index contributed by atoms with van der Waals surface area (Å²) in [6, 6.07) is 14.3. The van der Waals surface area contributed by atoms with Gasteiger partial charge in [-0.15, -0.1) is 0 Å². The monoisotopic (exact) mass is 521 g/mol. The molecule has 9 heteroatoms. The topological polar surface area (TPSA) is 92.1 Å². The van der Waals surface area contributed by atoms with Crippen LogP contribution in [0.5, 0.6) is 0 Å². The molecule has 8 nitrogen and oxygen atoms in total. The summed E-state index contributed by atoms with van der Waals surface area (Å²) in [6.45, 7) is 5.85. The molecule has 4 rings (SSSR count). The molecule has 2 amide bonds. The van der Waals surface area contributed by atoms with Crippen molar-refractivity contribution >= 4 is 46.8 Å². The number of benzene rings is 2. The molecule has 1 aromatic heterocycles. The Morgan fingerprint density at radius 2 is 1.78 bits per heavy atom. The molecule has 1 aliphatic heterocycles. The average Bonchev–Trinajstić information content (AvgIpc) is 3.38. The fourth-order valence-electron chi connectivity index (χ4n) is 4.09. The van der Waals surface area contributed by atoms with E-state index >= 15 is 0 Å². The minimum absolute atomic E-state index is 0.0333. The van der Waals surface area contributed by atoms with Gasteiger partial charge in [0.25, 0.3) is 0 Å². The third kappa shape index (κ3) is 6.21. The minimum Gasteiger partial charge on any atom is -0.465 e.